The minimum atomic E-state index is 0.0991. The normalized spacial score (nSPS) is 25.9. The molecule has 2 aliphatic heterocycles. The number of piperidine rings is 2. The number of nitrogens with one attached hydrogen (secondary N) is 1. The highest BCUT2D eigenvalue weighted by Gasteiger charge is 2.42. The van der Waals surface area contributed by atoms with Gasteiger partial charge in [0.1, 0.15) is 0 Å². The minimum Gasteiger partial charge on any atom is -0.351 e. The number of benzene rings is 1. The highest BCUT2D eigenvalue weighted by atomic mass is 16.2. The number of amides is 2. The van der Waals surface area contributed by atoms with Crippen LogP contribution >= 0.6 is 0 Å². The first-order valence-corrected chi connectivity index (χ1v) is 10.8. The van der Waals surface area contributed by atoms with Gasteiger partial charge in [-0.25, -0.2) is 0 Å². The van der Waals surface area contributed by atoms with Crippen molar-refractivity contribution < 1.29 is 9.59 Å². The van der Waals surface area contributed by atoms with Gasteiger partial charge in [-0.2, -0.15) is 0 Å². The predicted octanol–water partition coefficient (Wildman–Crippen LogP) is 2.73. The van der Waals surface area contributed by atoms with Crippen LogP contribution in [0.1, 0.15) is 49.7 Å². The Hall–Kier alpha value is -1.88. The molecule has 5 nitrogen and oxygen atoms in total. The molecule has 1 aromatic rings. The topological polar surface area (TPSA) is 52.7 Å². The van der Waals surface area contributed by atoms with Crippen molar-refractivity contribution in [3.63, 3.8) is 0 Å². The second-order valence-electron chi connectivity index (χ2n) is 9.24. The maximum Gasteiger partial charge on any atom is 0.234 e. The van der Waals surface area contributed by atoms with E-state index < -0.39 is 0 Å². The van der Waals surface area contributed by atoms with Crippen LogP contribution in [-0.4, -0.2) is 54.3 Å². The predicted molar refractivity (Wildman–Crippen MR) is 110 cm³/mol. The van der Waals surface area contributed by atoms with Gasteiger partial charge in [-0.05, 0) is 62.6 Å². The summed E-state index contributed by atoms with van der Waals surface area (Å²) in [6.07, 6.45) is 6.53. The van der Waals surface area contributed by atoms with Crippen LogP contribution in [0.3, 0.4) is 0 Å². The molecule has 1 spiro atoms. The van der Waals surface area contributed by atoms with E-state index in [0.29, 0.717) is 25.4 Å². The van der Waals surface area contributed by atoms with E-state index in [4.69, 9.17) is 0 Å². The molecule has 2 amide bonds. The van der Waals surface area contributed by atoms with Crippen molar-refractivity contribution >= 4 is 11.8 Å². The van der Waals surface area contributed by atoms with Crippen LogP contribution in [0.4, 0.5) is 0 Å². The van der Waals surface area contributed by atoms with Gasteiger partial charge in [0, 0.05) is 38.0 Å². The van der Waals surface area contributed by atoms with Crippen molar-refractivity contribution in [3.8, 4) is 0 Å². The minimum absolute atomic E-state index is 0.0991. The number of nitrogens with zero attached hydrogens (tertiary/aromatic N) is 2. The Morgan fingerprint density at radius 2 is 2.04 bits per heavy atom. The first-order valence-electron chi connectivity index (χ1n) is 10.8. The second kappa shape index (κ2) is 8.24. The number of likely N-dealkylation sites (tertiary alicyclic amines) is 2. The summed E-state index contributed by atoms with van der Waals surface area (Å²) in [5.74, 6) is 1.18. The third kappa shape index (κ3) is 4.75. The molecule has 1 N–H and O–H groups in total. The lowest BCUT2D eigenvalue weighted by Crippen LogP contribution is -2.55. The van der Waals surface area contributed by atoms with Crippen LogP contribution in [-0.2, 0) is 16.1 Å². The Labute approximate surface area is 168 Å². The molecule has 0 radical (unpaired) electrons. The number of carbonyl (C=O) groups is 2. The van der Waals surface area contributed by atoms with Crippen LogP contribution < -0.4 is 5.32 Å². The van der Waals surface area contributed by atoms with Crippen LogP contribution in [0.25, 0.3) is 0 Å². The lowest BCUT2D eigenvalue weighted by atomic mass is 9.73. The van der Waals surface area contributed by atoms with Crippen LogP contribution in [0.15, 0.2) is 24.3 Å². The lowest BCUT2D eigenvalue weighted by Gasteiger charge is -2.48. The molecule has 1 aromatic carbocycles. The van der Waals surface area contributed by atoms with E-state index in [1.807, 2.05) is 12.1 Å². The zero-order valence-corrected chi connectivity index (χ0v) is 17.1. The Morgan fingerprint density at radius 3 is 2.82 bits per heavy atom. The quantitative estimate of drug-likeness (QED) is 0.822. The van der Waals surface area contributed by atoms with Crippen molar-refractivity contribution in [2.75, 3.05) is 32.7 Å². The molecule has 3 fully saturated rings. The van der Waals surface area contributed by atoms with Gasteiger partial charge in [0.25, 0.3) is 0 Å². The fourth-order valence-electron chi connectivity index (χ4n) is 4.92. The van der Waals surface area contributed by atoms with Gasteiger partial charge in [-0.1, -0.05) is 24.3 Å². The molecule has 28 heavy (non-hydrogen) atoms. The Morgan fingerprint density at radius 1 is 1.21 bits per heavy atom. The Kier molecular flexibility index (Phi) is 5.72. The third-order valence-electron chi connectivity index (χ3n) is 6.77. The van der Waals surface area contributed by atoms with Gasteiger partial charge < -0.3 is 10.2 Å². The Bertz CT molecular complexity index is 730. The van der Waals surface area contributed by atoms with Crippen molar-refractivity contribution in [2.45, 2.75) is 52.0 Å². The van der Waals surface area contributed by atoms with Gasteiger partial charge in [0.2, 0.25) is 11.8 Å². The van der Waals surface area contributed by atoms with Gasteiger partial charge in [-0.15, -0.1) is 0 Å². The number of aryl methyl sites for hydroxylation is 1. The first-order chi connectivity index (χ1) is 13.5. The molecule has 1 saturated carbocycles. The number of rotatable bonds is 6. The van der Waals surface area contributed by atoms with E-state index in [0.717, 1.165) is 44.9 Å². The van der Waals surface area contributed by atoms with E-state index in [1.54, 1.807) is 0 Å². The maximum absolute atomic E-state index is 12.5. The van der Waals surface area contributed by atoms with Crippen molar-refractivity contribution in [2.24, 2.45) is 11.3 Å². The molecular weight excluding hydrogens is 350 g/mol. The zero-order valence-electron chi connectivity index (χ0n) is 17.1. The van der Waals surface area contributed by atoms with E-state index >= 15 is 0 Å². The number of carbonyl (C=O) groups excluding carboxylic acids is 2. The highest BCUT2D eigenvalue weighted by molar-refractivity contribution is 5.78. The molecular formula is C23H33N3O2. The fraction of sp³-hybridized carbons (Fsp3) is 0.652. The molecule has 4 rings (SSSR count). The van der Waals surface area contributed by atoms with E-state index in [2.05, 4.69) is 34.2 Å². The van der Waals surface area contributed by atoms with Crippen molar-refractivity contribution in [3.05, 3.63) is 35.4 Å². The van der Waals surface area contributed by atoms with E-state index in [-0.39, 0.29) is 11.3 Å². The molecule has 0 unspecified atom stereocenters. The summed E-state index contributed by atoms with van der Waals surface area (Å²) in [6.45, 7) is 6.91. The third-order valence-corrected chi connectivity index (χ3v) is 6.77. The average Bonchev–Trinajstić information content (AvgIpc) is 3.49. The molecule has 1 aliphatic carbocycles. The average molecular weight is 384 g/mol. The van der Waals surface area contributed by atoms with E-state index in [1.165, 1.54) is 30.4 Å². The Balaban J connectivity index is 1.30. The second-order valence-corrected chi connectivity index (χ2v) is 9.24. The smallest absolute Gasteiger partial charge is 0.234 e. The molecule has 2 saturated heterocycles. The molecule has 2 heterocycles. The number of hydrogen-bond acceptors (Lipinski definition) is 3. The summed E-state index contributed by atoms with van der Waals surface area (Å²) >= 11 is 0. The zero-order chi connectivity index (χ0) is 19.6. The van der Waals surface area contributed by atoms with Gasteiger partial charge in [0.15, 0.2) is 0 Å². The standard InChI is InChI=1S/C23H33N3O2/c1-18-5-2-3-6-20(18)13-24-21(27)15-25-12-4-10-23(16-25)11-9-22(28)26(17-23)14-19-7-8-19/h2-3,5-6,19H,4,7-17H2,1H3,(H,24,27)/t23-/m0/s1. The summed E-state index contributed by atoms with van der Waals surface area (Å²) in [5.41, 5.74) is 2.58. The SMILES string of the molecule is Cc1ccccc1CNC(=O)CN1CCC[C@]2(CCC(=O)N(CC3CC3)C2)C1. The molecule has 152 valence electrons. The lowest BCUT2D eigenvalue weighted by molar-refractivity contribution is -0.140. The van der Waals surface area contributed by atoms with Gasteiger partial charge in [0.05, 0.1) is 6.54 Å². The summed E-state index contributed by atoms with van der Waals surface area (Å²) in [7, 11) is 0. The molecule has 1 atom stereocenters. The van der Waals surface area contributed by atoms with Crippen LogP contribution in [0, 0.1) is 18.3 Å². The monoisotopic (exact) mass is 383 g/mol. The maximum atomic E-state index is 12.5. The molecule has 3 aliphatic rings. The van der Waals surface area contributed by atoms with Crippen molar-refractivity contribution in [1.82, 2.24) is 15.1 Å². The first kappa shape index (κ1) is 19.4. The van der Waals surface area contributed by atoms with Crippen molar-refractivity contribution in [1.29, 1.82) is 0 Å². The summed E-state index contributed by atoms with van der Waals surface area (Å²) in [4.78, 5) is 29.3. The molecule has 5 heteroatoms. The fourth-order valence-corrected chi connectivity index (χ4v) is 4.92. The van der Waals surface area contributed by atoms with E-state index in [9.17, 15) is 9.59 Å². The summed E-state index contributed by atoms with van der Waals surface area (Å²) in [5, 5.41) is 3.08. The van der Waals surface area contributed by atoms with Gasteiger partial charge in [-0.3, -0.25) is 14.5 Å². The highest BCUT2D eigenvalue weighted by Crippen LogP contribution is 2.40. The summed E-state index contributed by atoms with van der Waals surface area (Å²) < 4.78 is 0. The summed E-state index contributed by atoms with van der Waals surface area (Å²) in [6, 6.07) is 8.18. The molecule has 0 bridgehead atoms. The van der Waals surface area contributed by atoms with Crippen LogP contribution in [0.5, 0.6) is 0 Å². The van der Waals surface area contributed by atoms with Gasteiger partial charge >= 0.3 is 0 Å². The van der Waals surface area contributed by atoms with Crippen LogP contribution in [0.2, 0.25) is 0 Å². The number of hydrogen-bond donors (Lipinski definition) is 1. The molecule has 0 aromatic heterocycles. The largest absolute Gasteiger partial charge is 0.351 e.